The van der Waals surface area contributed by atoms with E-state index in [9.17, 15) is 31.8 Å². The summed E-state index contributed by atoms with van der Waals surface area (Å²) in [6.07, 6.45) is -1.62. The highest BCUT2D eigenvalue weighted by Crippen LogP contribution is 2.24. The molecule has 0 aliphatic heterocycles. The number of aliphatic hydroxyl groups is 2. The molecule has 0 aliphatic carbocycles. The second kappa shape index (κ2) is 6.39. The molecule has 19 heavy (non-hydrogen) atoms. The van der Waals surface area contributed by atoms with Crippen molar-refractivity contribution in [1.29, 1.82) is 0 Å². The van der Waals surface area contributed by atoms with Gasteiger partial charge < -0.3 is 20.1 Å². The molecule has 0 heterocycles. The summed E-state index contributed by atoms with van der Waals surface area (Å²) in [5.74, 6) is 0. The Balaban J connectivity index is 4.76. The third-order valence-corrected chi connectivity index (χ3v) is 2.94. The van der Waals surface area contributed by atoms with Gasteiger partial charge in [-0.05, 0) is 6.42 Å². The molecule has 2 N–H and O–H groups in total. The monoisotopic (exact) mass is 308 g/mol. The Morgan fingerprint density at radius 1 is 1.42 bits per heavy atom. The van der Waals surface area contributed by atoms with Gasteiger partial charge in [-0.1, -0.05) is 13.3 Å². The third-order valence-electron chi connectivity index (χ3n) is 1.96. The van der Waals surface area contributed by atoms with E-state index in [1.165, 1.54) is 0 Å². The van der Waals surface area contributed by atoms with Crippen LogP contribution < -0.4 is 5.11 Å². The van der Waals surface area contributed by atoms with Crippen LogP contribution in [0.2, 0.25) is 0 Å². The first-order chi connectivity index (χ1) is 8.47. The number of aliphatic hydroxyl groups excluding tert-OH is 1. The topological polar surface area (TPSA) is 119 Å². The van der Waals surface area contributed by atoms with Gasteiger partial charge in [0.1, 0.15) is 0 Å². The van der Waals surface area contributed by atoms with E-state index in [-0.39, 0.29) is 6.42 Å². The van der Waals surface area contributed by atoms with Gasteiger partial charge in [0.15, 0.2) is 6.08 Å². The van der Waals surface area contributed by atoms with Crippen LogP contribution in [-0.4, -0.2) is 49.0 Å². The quantitative estimate of drug-likeness (QED) is 0.484. The van der Waals surface area contributed by atoms with Gasteiger partial charge in [-0.3, -0.25) is 0 Å². The van der Waals surface area contributed by atoms with Crippen LogP contribution in [0.1, 0.15) is 19.8 Å². The largest absolute Gasteiger partial charge is 0.597 e. The minimum absolute atomic E-state index is 0.00278. The molecule has 1 unspecified atom stereocenters. The summed E-state index contributed by atoms with van der Waals surface area (Å²) in [5.41, 5.74) is -7.55. The average Bonchev–Trinajstić information content (AvgIpc) is 2.25. The van der Waals surface area contributed by atoms with Crippen LogP contribution in [0, 0.1) is 0 Å². The zero-order valence-electron chi connectivity index (χ0n) is 9.85. The van der Waals surface area contributed by atoms with Crippen LogP contribution >= 0.6 is 0 Å². The number of rotatable bonds is 6. The third kappa shape index (κ3) is 5.61. The molecule has 0 saturated carbocycles. The summed E-state index contributed by atoms with van der Waals surface area (Å²) in [7, 11) is -5.98. The highest BCUT2D eigenvalue weighted by Gasteiger charge is 2.46. The van der Waals surface area contributed by atoms with E-state index >= 15 is 0 Å². The molecule has 0 aromatic carbocycles. The fourth-order valence-corrected chi connectivity index (χ4v) is 1.39. The van der Waals surface area contributed by atoms with Crippen molar-refractivity contribution < 1.29 is 41.6 Å². The molecule has 0 rings (SSSR count). The molecule has 114 valence electrons. The lowest BCUT2D eigenvalue weighted by Gasteiger charge is -2.29. The molecule has 0 aromatic heterocycles. The lowest BCUT2D eigenvalue weighted by molar-refractivity contribution is -0.255. The number of nitrogens with zero attached hydrogens (tertiary/aromatic N) is 1. The summed E-state index contributed by atoms with van der Waals surface area (Å²) < 4.78 is 62.5. The fraction of sp³-hybridized carbons (Fsp3) is 0.875. The molecule has 0 spiro atoms. The van der Waals surface area contributed by atoms with Crippen molar-refractivity contribution in [2.45, 2.75) is 30.9 Å². The van der Waals surface area contributed by atoms with E-state index in [0.717, 1.165) is 0 Å². The van der Waals surface area contributed by atoms with E-state index in [4.69, 9.17) is 5.11 Å². The highest BCUT2D eigenvalue weighted by atomic mass is 32.2. The standard InChI is InChI=1S/C8H14F3NO6S/c1-2-3-7(15,4-13)5-18-6(14)12-19(16,17)8(9,10)11/h13,15H,2-5H2,1H3,(H,12,14)/p-1. The van der Waals surface area contributed by atoms with Crippen molar-refractivity contribution in [3.8, 4) is 0 Å². The first kappa shape index (κ1) is 17.9. The minimum atomic E-state index is -5.98. The second-order valence-electron chi connectivity index (χ2n) is 3.70. The van der Waals surface area contributed by atoms with Gasteiger partial charge in [0.2, 0.25) is 0 Å². The minimum Gasteiger partial charge on any atom is -0.597 e. The summed E-state index contributed by atoms with van der Waals surface area (Å²) >= 11 is 0. The van der Waals surface area contributed by atoms with Crippen molar-refractivity contribution in [2.24, 2.45) is 4.40 Å². The predicted molar refractivity (Wildman–Crippen MR) is 55.3 cm³/mol. The van der Waals surface area contributed by atoms with Crippen LogP contribution in [0.3, 0.4) is 0 Å². The maximum atomic E-state index is 11.9. The highest BCUT2D eigenvalue weighted by molar-refractivity contribution is 7.91. The van der Waals surface area contributed by atoms with Crippen molar-refractivity contribution >= 4 is 16.1 Å². The molecule has 1 atom stereocenters. The Morgan fingerprint density at radius 2 is 1.95 bits per heavy atom. The van der Waals surface area contributed by atoms with Crippen LogP contribution in [0.25, 0.3) is 0 Å². The number of halogens is 3. The summed E-state index contributed by atoms with van der Waals surface area (Å²) in [5, 5.41) is 29.2. The molecule has 0 saturated heterocycles. The number of ether oxygens (including phenoxy) is 1. The molecular weight excluding hydrogens is 295 g/mol. The van der Waals surface area contributed by atoms with Crippen LogP contribution in [0.4, 0.5) is 13.2 Å². The van der Waals surface area contributed by atoms with Crippen LogP contribution in [0.5, 0.6) is 0 Å². The van der Waals surface area contributed by atoms with E-state index in [0.29, 0.717) is 6.42 Å². The Morgan fingerprint density at radius 3 is 2.32 bits per heavy atom. The lowest BCUT2D eigenvalue weighted by atomic mass is 10.0. The summed E-state index contributed by atoms with van der Waals surface area (Å²) in [4.78, 5) is 0. The molecule has 11 heteroatoms. The molecule has 0 aromatic rings. The van der Waals surface area contributed by atoms with Gasteiger partial charge in [-0.25, -0.2) is 0 Å². The molecule has 0 radical (unpaired) electrons. The van der Waals surface area contributed by atoms with Gasteiger partial charge in [0.05, 0.1) is 12.2 Å². The van der Waals surface area contributed by atoms with Gasteiger partial charge in [-0.2, -0.15) is 21.6 Å². The van der Waals surface area contributed by atoms with Crippen molar-refractivity contribution in [1.82, 2.24) is 0 Å². The van der Waals surface area contributed by atoms with Crippen LogP contribution in [-0.2, 0) is 14.8 Å². The molecule has 0 aliphatic rings. The normalized spacial score (nSPS) is 17.1. The average molecular weight is 308 g/mol. The predicted octanol–water partition coefficient (Wildman–Crippen LogP) is -0.908. The van der Waals surface area contributed by atoms with Gasteiger partial charge in [-0.15, -0.1) is 4.40 Å². The van der Waals surface area contributed by atoms with Gasteiger partial charge in [0.25, 0.3) is 0 Å². The number of hydrogen-bond acceptors (Lipinski definition) is 6. The number of hydrogen-bond donors (Lipinski definition) is 2. The maximum absolute atomic E-state index is 11.9. The second-order valence-corrected chi connectivity index (χ2v) is 5.29. The van der Waals surface area contributed by atoms with Crippen molar-refractivity contribution in [3.05, 3.63) is 0 Å². The zero-order chi connectivity index (χ0) is 15.3. The Bertz CT molecular complexity index is 421. The van der Waals surface area contributed by atoms with Gasteiger partial charge >= 0.3 is 15.5 Å². The molecule has 0 bridgehead atoms. The van der Waals surface area contributed by atoms with Crippen molar-refractivity contribution in [2.75, 3.05) is 13.2 Å². The Hall–Kier alpha value is -1.07. The Kier molecular flexibility index (Phi) is 6.03. The maximum Gasteiger partial charge on any atom is 0.518 e. The van der Waals surface area contributed by atoms with Crippen LogP contribution in [0.15, 0.2) is 4.40 Å². The SMILES string of the molecule is CCCC(O)(CO)CO/C([O-])=N/S(=O)(=O)C(F)(F)F. The Labute approximate surface area is 107 Å². The van der Waals surface area contributed by atoms with Gasteiger partial charge in [0, 0.05) is 6.61 Å². The zero-order valence-corrected chi connectivity index (χ0v) is 10.7. The lowest BCUT2D eigenvalue weighted by Crippen LogP contribution is -2.41. The molecular formula is C8H13F3NO6S-. The first-order valence-electron chi connectivity index (χ1n) is 5.02. The summed E-state index contributed by atoms with van der Waals surface area (Å²) in [6.45, 7) is -0.0336. The number of alkyl halides is 3. The summed E-state index contributed by atoms with van der Waals surface area (Å²) in [6, 6.07) is 0. The van der Waals surface area contributed by atoms with E-state index < -0.39 is 40.4 Å². The van der Waals surface area contributed by atoms with E-state index in [1.54, 1.807) is 6.92 Å². The van der Waals surface area contributed by atoms with E-state index in [1.807, 2.05) is 4.40 Å². The molecule has 0 fully saturated rings. The first-order valence-corrected chi connectivity index (χ1v) is 6.46. The van der Waals surface area contributed by atoms with E-state index in [2.05, 4.69) is 4.74 Å². The smallest absolute Gasteiger partial charge is 0.518 e. The van der Waals surface area contributed by atoms with Crippen molar-refractivity contribution in [3.63, 3.8) is 0 Å². The molecule has 7 nitrogen and oxygen atoms in total. The molecule has 0 amide bonds. The fourth-order valence-electron chi connectivity index (χ4n) is 1.03. The number of sulfonamides is 1.